The Labute approximate surface area is 98.5 Å². The second-order valence-electron chi connectivity index (χ2n) is 5.74. The summed E-state index contributed by atoms with van der Waals surface area (Å²) in [6.45, 7) is 6.64. The third kappa shape index (κ3) is 1.78. The van der Waals surface area contributed by atoms with Crippen LogP contribution in [-0.2, 0) is 11.0 Å². The van der Waals surface area contributed by atoms with Gasteiger partial charge in [-0.05, 0) is 29.4 Å². The normalized spacial score (nSPS) is 26.8. The van der Waals surface area contributed by atoms with Crippen molar-refractivity contribution in [3.63, 3.8) is 0 Å². The maximum atomic E-state index is 10.8. The Morgan fingerprint density at radius 2 is 1.81 bits per heavy atom. The van der Waals surface area contributed by atoms with E-state index >= 15 is 0 Å². The fourth-order valence-electron chi connectivity index (χ4n) is 3.09. The second-order valence-corrected chi connectivity index (χ2v) is 5.74. The summed E-state index contributed by atoms with van der Waals surface area (Å²) in [5, 5.41) is 10.8. The molecule has 2 rings (SSSR count). The third-order valence-corrected chi connectivity index (χ3v) is 3.84. The van der Waals surface area contributed by atoms with Crippen molar-refractivity contribution in [1.29, 1.82) is 0 Å². The highest BCUT2D eigenvalue weighted by molar-refractivity contribution is 5.43. The van der Waals surface area contributed by atoms with Gasteiger partial charge in [0.25, 0.3) is 0 Å². The van der Waals surface area contributed by atoms with Crippen molar-refractivity contribution >= 4 is 0 Å². The zero-order chi connectivity index (χ0) is 11.8. The number of hydrogen-bond donors (Lipinski definition) is 1. The maximum Gasteiger partial charge on any atom is 0.0907 e. The molecule has 0 aromatic heterocycles. The standard InChI is InChI=1S/C15H22O/c1-4-5-10-15(16)11-14(2,3)12-8-6-7-9-13(12)15/h6-9,16H,4-5,10-11H2,1-3H3/t15-/m0/s1. The monoisotopic (exact) mass is 218 g/mol. The molecule has 1 aliphatic carbocycles. The Morgan fingerprint density at radius 3 is 2.44 bits per heavy atom. The molecule has 1 N–H and O–H groups in total. The highest BCUT2D eigenvalue weighted by Crippen LogP contribution is 2.50. The summed E-state index contributed by atoms with van der Waals surface area (Å²) in [7, 11) is 0. The summed E-state index contributed by atoms with van der Waals surface area (Å²) in [5.74, 6) is 0. The molecule has 0 saturated carbocycles. The summed E-state index contributed by atoms with van der Waals surface area (Å²) in [5.41, 5.74) is 2.01. The van der Waals surface area contributed by atoms with E-state index in [-0.39, 0.29) is 5.41 Å². The number of unbranched alkanes of at least 4 members (excludes halogenated alkanes) is 1. The van der Waals surface area contributed by atoms with Gasteiger partial charge in [0, 0.05) is 0 Å². The van der Waals surface area contributed by atoms with Gasteiger partial charge in [0.2, 0.25) is 0 Å². The Kier molecular flexibility index (Phi) is 2.83. The van der Waals surface area contributed by atoms with E-state index in [2.05, 4.69) is 39.0 Å². The van der Waals surface area contributed by atoms with Crippen LogP contribution in [0, 0.1) is 0 Å². The lowest BCUT2D eigenvalue weighted by molar-refractivity contribution is 0.0148. The van der Waals surface area contributed by atoms with Crippen LogP contribution in [0.4, 0.5) is 0 Å². The minimum atomic E-state index is -0.587. The largest absolute Gasteiger partial charge is 0.385 e. The van der Waals surface area contributed by atoms with Gasteiger partial charge < -0.3 is 5.11 Å². The predicted molar refractivity (Wildman–Crippen MR) is 67.5 cm³/mol. The zero-order valence-electron chi connectivity index (χ0n) is 10.6. The van der Waals surface area contributed by atoms with E-state index in [1.807, 2.05) is 6.07 Å². The summed E-state index contributed by atoms with van der Waals surface area (Å²) in [6, 6.07) is 8.38. The number of hydrogen-bond acceptors (Lipinski definition) is 1. The third-order valence-electron chi connectivity index (χ3n) is 3.84. The Balaban J connectivity index is 2.39. The first-order valence-electron chi connectivity index (χ1n) is 6.32. The van der Waals surface area contributed by atoms with Gasteiger partial charge in [-0.15, -0.1) is 0 Å². The summed E-state index contributed by atoms with van der Waals surface area (Å²) < 4.78 is 0. The van der Waals surface area contributed by atoms with Crippen LogP contribution in [0.1, 0.15) is 57.6 Å². The van der Waals surface area contributed by atoms with Crippen LogP contribution in [0.3, 0.4) is 0 Å². The van der Waals surface area contributed by atoms with Gasteiger partial charge in [-0.2, -0.15) is 0 Å². The Morgan fingerprint density at radius 1 is 1.19 bits per heavy atom. The highest BCUT2D eigenvalue weighted by atomic mass is 16.3. The van der Waals surface area contributed by atoms with E-state index in [1.165, 1.54) is 5.56 Å². The molecule has 1 nitrogen and oxygen atoms in total. The van der Waals surface area contributed by atoms with Crippen molar-refractivity contribution < 1.29 is 5.11 Å². The quantitative estimate of drug-likeness (QED) is 0.819. The van der Waals surface area contributed by atoms with Crippen molar-refractivity contribution in [3.8, 4) is 0 Å². The smallest absolute Gasteiger partial charge is 0.0907 e. The lowest BCUT2D eigenvalue weighted by Crippen LogP contribution is -2.25. The number of aliphatic hydroxyl groups is 1. The molecular weight excluding hydrogens is 196 g/mol. The van der Waals surface area contributed by atoms with Gasteiger partial charge in [0.1, 0.15) is 0 Å². The topological polar surface area (TPSA) is 20.2 Å². The molecule has 1 aromatic carbocycles. The number of benzene rings is 1. The van der Waals surface area contributed by atoms with Crippen LogP contribution in [0.2, 0.25) is 0 Å². The molecule has 0 radical (unpaired) electrons. The van der Waals surface area contributed by atoms with Crippen LogP contribution in [0.5, 0.6) is 0 Å². The number of fused-ring (bicyclic) bond motifs is 1. The summed E-state index contributed by atoms with van der Waals surface area (Å²) >= 11 is 0. The van der Waals surface area contributed by atoms with Gasteiger partial charge in [-0.3, -0.25) is 0 Å². The molecular formula is C15H22O. The molecule has 0 fully saturated rings. The van der Waals surface area contributed by atoms with Gasteiger partial charge >= 0.3 is 0 Å². The lowest BCUT2D eigenvalue weighted by atomic mass is 9.84. The van der Waals surface area contributed by atoms with Crippen LogP contribution < -0.4 is 0 Å². The molecule has 0 unspecified atom stereocenters. The summed E-state index contributed by atoms with van der Waals surface area (Å²) in [4.78, 5) is 0. The van der Waals surface area contributed by atoms with Crippen molar-refractivity contribution in [2.75, 3.05) is 0 Å². The fourth-order valence-corrected chi connectivity index (χ4v) is 3.09. The van der Waals surface area contributed by atoms with Crippen molar-refractivity contribution in [2.45, 2.75) is 57.5 Å². The SMILES string of the molecule is CCCC[C@]1(O)CC(C)(C)c2ccccc21. The Hall–Kier alpha value is -0.820. The molecule has 0 aliphatic heterocycles. The average molecular weight is 218 g/mol. The summed E-state index contributed by atoms with van der Waals surface area (Å²) in [6.07, 6.45) is 4.00. The first-order valence-corrected chi connectivity index (χ1v) is 6.32. The fraction of sp³-hybridized carbons (Fsp3) is 0.600. The molecule has 1 aliphatic rings. The van der Waals surface area contributed by atoms with Crippen LogP contribution in [-0.4, -0.2) is 5.11 Å². The molecule has 16 heavy (non-hydrogen) atoms. The molecule has 1 aromatic rings. The van der Waals surface area contributed by atoms with E-state index in [9.17, 15) is 5.11 Å². The number of rotatable bonds is 3. The van der Waals surface area contributed by atoms with Crippen LogP contribution >= 0.6 is 0 Å². The Bertz CT molecular complexity index is 381. The molecule has 1 heteroatoms. The predicted octanol–water partition coefficient (Wildman–Crippen LogP) is 3.75. The minimum Gasteiger partial charge on any atom is -0.385 e. The molecule has 1 atom stereocenters. The van der Waals surface area contributed by atoms with E-state index in [0.717, 1.165) is 31.2 Å². The van der Waals surface area contributed by atoms with Gasteiger partial charge in [0.15, 0.2) is 0 Å². The maximum absolute atomic E-state index is 10.8. The van der Waals surface area contributed by atoms with E-state index < -0.39 is 5.60 Å². The first-order chi connectivity index (χ1) is 7.49. The van der Waals surface area contributed by atoms with E-state index in [0.29, 0.717) is 0 Å². The minimum absolute atomic E-state index is 0.110. The van der Waals surface area contributed by atoms with Crippen LogP contribution in [0.25, 0.3) is 0 Å². The molecule has 0 spiro atoms. The molecule has 0 bridgehead atoms. The first kappa shape index (κ1) is 11.7. The molecule has 0 heterocycles. The van der Waals surface area contributed by atoms with Crippen LogP contribution in [0.15, 0.2) is 24.3 Å². The van der Waals surface area contributed by atoms with Gasteiger partial charge in [-0.1, -0.05) is 57.9 Å². The lowest BCUT2D eigenvalue weighted by Gasteiger charge is -2.26. The molecule has 0 amide bonds. The van der Waals surface area contributed by atoms with E-state index in [4.69, 9.17) is 0 Å². The molecule has 0 saturated heterocycles. The van der Waals surface area contributed by atoms with Crippen molar-refractivity contribution in [1.82, 2.24) is 0 Å². The van der Waals surface area contributed by atoms with E-state index in [1.54, 1.807) is 0 Å². The van der Waals surface area contributed by atoms with Crippen molar-refractivity contribution in [3.05, 3.63) is 35.4 Å². The van der Waals surface area contributed by atoms with Crippen molar-refractivity contribution in [2.24, 2.45) is 0 Å². The highest BCUT2D eigenvalue weighted by Gasteiger charge is 2.45. The average Bonchev–Trinajstić information content (AvgIpc) is 2.45. The molecule has 88 valence electrons. The zero-order valence-corrected chi connectivity index (χ0v) is 10.6. The van der Waals surface area contributed by atoms with Gasteiger partial charge in [-0.25, -0.2) is 0 Å². The van der Waals surface area contributed by atoms with Gasteiger partial charge in [0.05, 0.1) is 5.60 Å². The second kappa shape index (κ2) is 3.89.